The van der Waals surface area contributed by atoms with E-state index in [0.717, 1.165) is 12.0 Å². The van der Waals surface area contributed by atoms with Crippen LogP contribution in [0.25, 0.3) is 6.08 Å². The molecule has 1 aromatic carbocycles. The summed E-state index contributed by atoms with van der Waals surface area (Å²) in [4.78, 5) is 11.7. The summed E-state index contributed by atoms with van der Waals surface area (Å²) < 4.78 is 4.92. The molecule has 0 aliphatic heterocycles. The van der Waals surface area contributed by atoms with Gasteiger partial charge in [-0.2, -0.15) is 0 Å². The molecule has 0 spiro atoms. The van der Waals surface area contributed by atoms with E-state index in [4.69, 9.17) is 4.74 Å². The average Bonchev–Trinajstić information content (AvgIpc) is 2.49. The van der Waals surface area contributed by atoms with Crippen molar-refractivity contribution in [3.63, 3.8) is 0 Å². The van der Waals surface area contributed by atoms with E-state index < -0.39 is 5.60 Å². The molecule has 116 valence electrons. The molecule has 0 saturated heterocycles. The predicted molar refractivity (Wildman–Crippen MR) is 85.0 cm³/mol. The molecule has 21 heavy (non-hydrogen) atoms. The summed E-state index contributed by atoms with van der Waals surface area (Å²) in [6.45, 7) is 4.45. The van der Waals surface area contributed by atoms with E-state index in [9.17, 15) is 9.90 Å². The predicted octanol–water partition coefficient (Wildman–Crippen LogP) is 2.17. The maximum atomic E-state index is 11.7. The van der Waals surface area contributed by atoms with Gasteiger partial charge in [-0.1, -0.05) is 31.2 Å². The second-order valence-electron chi connectivity index (χ2n) is 5.39. The Hall–Kier alpha value is -1.65. The van der Waals surface area contributed by atoms with Crippen LogP contribution in [0.3, 0.4) is 0 Å². The summed E-state index contributed by atoms with van der Waals surface area (Å²) in [5, 5.41) is 12.7. The largest absolute Gasteiger partial charge is 0.388 e. The number of aliphatic hydroxyl groups is 1. The fourth-order valence-corrected chi connectivity index (χ4v) is 1.78. The first kappa shape index (κ1) is 17.4. The second kappa shape index (κ2) is 8.60. The Kier molecular flexibility index (Phi) is 7.12. The van der Waals surface area contributed by atoms with E-state index in [1.807, 2.05) is 24.3 Å². The van der Waals surface area contributed by atoms with Crippen molar-refractivity contribution in [2.45, 2.75) is 32.3 Å². The minimum atomic E-state index is -0.956. The Morgan fingerprint density at radius 3 is 2.62 bits per heavy atom. The van der Waals surface area contributed by atoms with Crippen molar-refractivity contribution in [3.05, 3.63) is 41.5 Å². The van der Waals surface area contributed by atoms with Gasteiger partial charge in [0, 0.05) is 32.8 Å². The Morgan fingerprint density at radius 2 is 2.05 bits per heavy atom. The minimum Gasteiger partial charge on any atom is -0.388 e. The van der Waals surface area contributed by atoms with Gasteiger partial charge < -0.3 is 15.2 Å². The van der Waals surface area contributed by atoms with Gasteiger partial charge in [0.1, 0.15) is 0 Å². The van der Waals surface area contributed by atoms with Crippen molar-refractivity contribution in [1.29, 1.82) is 0 Å². The molecule has 1 aromatic rings. The molecule has 0 bridgehead atoms. The van der Waals surface area contributed by atoms with Crippen LogP contribution in [0.1, 0.15) is 31.4 Å². The number of carbonyl (C=O) groups is 1. The van der Waals surface area contributed by atoms with Crippen LogP contribution in [0.15, 0.2) is 30.3 Å². The summed E-state index contributed by atoms with van der Waals surface area (Å²) in [5.41, 5.74) is 1.29. The minimum absolute atomic E-state index is 0.203. The zero-order valence-electron chi connectivity index (χ0n) is 13.1. The van der Waals surface area contributed by atoms with Gasteiger partial charge in [0.25, 0.3) is 0 Å². The lowest BCUT2D eigenvalue weighted by atomic mass is 10.0. The zero-order valence-corrected chi connectivity index (χ0v) is 13.1. The van der Waals surface area contributed by atoms with Crippen LogP contribution in [0.4, 0.5) is 0 Å². The van der Waals surface area contributed by atoms with Crippen molar-refractivity contribution >= 4 is 12.0 Å². The van der Waals surface area contributed by atoms with Gasteiger partial charge in [-0.05, 0) is 30.5 Å². The highest BCUT2D eigenvalue weighted by molar-refractivity contribution is 5.91. The summed E-state index contributed by atoms with van der Waals surface area (Å²) in [6, 6.07) is 8.06. The molecular weight excluding hydrogens is 266 g/mol. The van der Waals surface area contributed by atoms with Crippen molar-refractivity contribution in [2.75, 3.05) is 20.3 Å². The van der Waals surface area contributed by atoms with E-state index in [0.29, 0.717) is 13.0 Å². The highest BCUT2D eigenvalue weighted by atomic mass is 16.5. The van der Waals surface area contributed by atoms with Crippen LogP contribution in [0, 0.1) is 0 Å². The highest BCUT2D eigenvalue weighted by Gasteiger charge is 2.20. The average molecular weight is 291 g/mol. The van der Waals surface area contributed by atoms with Gasteiger partial charge in [0.2, 0.25) is 5.91 Å². The van der Waals surface area contributed by atoms with E-state index in [2.05, 4.69) is 12.2 Å². The maximum absolute atomic E-state index is 11.7. The number of carbonyl (C=O) groups excluding carboxylic acids is 1. The molecule has 0 saturated carbocycles. The lowest BCUT2D eigenvalue weighted by Crippen LogP contribution is -2.40. The quantitative estimate of drug-likeness (QED) is 0.722. The van der Waals surface area contributed by atoms with Crippen LogP contribution in [-0.4, -0.2) is 36.9 Å². The van der Waals surface area contributed by atoms with Gasteiger partial charge in [-0.25, -0.2) is 0 Å². The first-order valence-electron chi connectivity index (χ1n) is 7.23. The van der Waals surface area contributed by atoms with Crippen molar-refractivity contribution < 1.29 is 14.6 Å². The summed E-state index contributed by atoms with van der Waals surface area (Å²) in [5.74, 6) is -0.216. The third-order valence-corrected chi connectivity index (χ3v) is 3.30. The van der Waals surface area contributed by atoms with Gasteiger partial charge in [0.05, 0.1) is 5.60 Å². The standard InChI is InChI=1S/C17H25NO3/c1-4-14-5-7-15(8-6-14)9-10-16(19)18-13-17(2,20)11-12-21-3/h5-10,20H,4,11-13H2,1-3H3,(H,18,19)/b10-9+. The molecule has 0 fully saturated rings. The van der Waals surface area contributed by atoms with Crippen LogP contribution < -0.4 is 5.32 Å². The molecule has 0 heterocycles. The Labute approximate surface area is 126 Å². The number of rotatable bonds is 8. The second-order valence-corrected chi connectivity index (χ2v) is 5.39. The smallest absolute Gasteiger partial charge is 0.244 e. The number of hydrogen-bond acceptors (Lipinski definition) is 3. The Morgan fingerprint density at radius 1 is 1.38 bits per heavy atom. The highest BCUT2D eigenvalue weighted by Crippen LogP contribution is 2.08. The summed E-state index contributed by atoms with van der Waals surface area (Å²) in [7, 11) is 1.58. The van der Waals surface area contributed by atoms with E-state index in [1.165, 1.54) is 11.6 Å². The molecule has 4 nitrogen and oxygen atoms in total. The molecule has 4 heteroatoms. The summed E-state index contributed by atoms with van der Waals surface area (Å²) >= 11 is 0. The lowest BCUT2D eigenvalue weighted by Gasteiger charge is -2.22. The monoisotopic (exact) mass is 291 g/mol. The molecule has 2 N–H and O–H groups in total. The first-order chi connectivity index (χ1) is 9.96. The van der Waals surface area contributed by atoms with E-state index in [-0.39, 0.29) is 12.5 Å². The number of amides is 1. The maximum Gasteiger partial charge on any atom is 0.244 e. The summed E-state index contributed by atoms with van der Waals surface area (Å²) in [6.07, 6.45) is 4.72. The van der Waals surface area contributed by atoms with E-state index in [1.54, 1.807) is 20.1 Å². The van der Waals surface area contributed by atoms with Gasteiger partial charge in [-0.15, -0.1) is 0 Å². The third kappa shape index (κ3) is 7.06. The van der Waals surface area contributed by atoms with Crippen LogP contribution in [0.2, 0.25) is 0 Å². The number of ether oxygens (including phenoxy) is 1. The molecule has 0 aromatic heterocycles. The first-order valence-corrected chi connectivity index (χ1v) is 7.23. The molecule has 1 unspecified atom stereocenters. The van der Waals surface area contributed by atoms with E-state index >= 15 is 0 Å². The molecular formula is C17H25NO3. The number of hydrogen-bond donors (Lipinski definition) is 2. The molecule has 0 aliphatic carbocycles. The van der Waals surface area contributed by atoms with Gasteiger partial charge >= 0.3 is 0 Å². The Balaban J connectivity index is 2.43. The fourth-order valence-electron chi connectivity index (χ4n) is 1.78. The lowest BCUT2D eigenvalue weighted by molar-refractivity contribution is -0.117. The SMILES string of the molecule is CCc1ccc(/C=C/C(=O)NCC(C)(O)CCOC)cc1. The molecule has 1 rings (SSSR count). The molecule has 1 amide bonds. The molecule has 0 radical (unpaired) electrons. The number of benzene rings is 1. The zero-order chi connectivity index (χ0) is 15.7. The van der Waals surface area contributed by atoms with Crippen molar-refractivity contribution in [1.82, 2.24) is 5.32 Å². The number of aryl methyl sites for hydroxylation is 1. The van der Waals surface area contributed by atoms with Crippen LogP contribution in [0.5, 0.6) is 0 Å². The van der Waals surface area contributed by atoms with Crippen LogP contribution in [-0.2, 0) is 16.0 Å². The molecule has 0 aliphatic rings. The van der Waals surface area contributed by atoms with Crippen molar-refractivity contribution in [3.8, 4) is 0 Å². The topological polar surface area (TPSA) is 58.6 Å². The molecule has 1 atom stereocenters. The Bertz CT molecular complexity index is 463. The van der Waals surface area contributed by atoms with Crippen molar-refractivity contribution in [2.24, 2.45) is 0 Å². The van der Waals surface area contributed by atoms with Gasteiger partial charge in [0.15, 0.2) is 0 Å². The normalized spacial score (nSPS) is 14.1. The van der Waals surface area contributed by atoms with Crippen LogP contribution >= 0.6 is 0 Å². The fraction of sp³-hybridized carbons (Fsp3) is 0.471. The number of methoxy groups -OCH3 is 1. The third-order valence-electron chi connectivity index (χ3n) is 3.30. The van der Waals surface area contributed by atoms with Gasteiger partial charge in [-0.3, -0.25) is 4.79 Å². The number of nitrogens with one attached hydrogen (secondary N) is 1.